The fourth-order valence-corrected chi connectivity index (χ4v) is 1.73. The zero-order chi connectivity index (χ0) is 12.3. The van der Waals surface area contributed by atoms with Crippen molar-refractivity contribution in [3.05, 3.63) is 39.7 Å². The van der Waals surface area contributed by atoms with Crippen molar-refractivity contribution in [2.45, 2.75) is 6.42 Å². The van der Waals surface area contributed by atoms with Crippen LogP contribution in [0.15, 0.2) is 30.6 Å². The molecule has 0 atom stereocenters. The lowest BCUT2D eigenvalue weighted by atomic mass is 10.1. The van der Waals surface area contributed by atoms with Gasteiger partial charge in [0.2, 0.25) is 11.9 Å². The van der Waals surface area contributed by atoms with E-state index in [-0.39, 0.29) is 5.91 Å². The predicted molar refractivity (Wildman–Crippen MR) is 72.5 cm³/mol. The van der Waals surface area contributed by atoms with Crippen molar-refractivity contribution in [3.8, 4) is 0 Å². The summed E-state index contributed by atoms with van der Waals surface area (Å²) in [6, 6.07) is 7.84. The molecule has 2 rings (SSSR count). The van der Waals surface area contributed by atoms with E-state index >= 15 is 0 Å². The Morgan fingerprint density at radius 1 is 1.41 bits per heavy atom. The third-order valence-electron chi connectivity index (χ3n) is 2.24. The van der Waals surface area contributed by atoms with Gasteiger partial charge in [-0.15, -0.1) is 0 Å². The minimum atomic E-state index is -0.0951. The van der Waals surface area contributed by atoms with E-state index in [1.54, 1.807) is 7.05 Å². The molecule has 0 saturated heterocycles. The molecule has 2 aromatic rings. The van der Waals surface area contributed by atoms with Crippen molar-refractivity contribution in [1.29, 1.82) is 0 Å². The van der Waals surface area contributed by atoms with Gasteiger partial charge >= 0.3 is 0 Å². The molecular weight excluding hydrogens is 331 g/mol. The molecule has 1 N–H and O–H groups in total. The van der Waals surface area contributed by atoms with Crippen LogP contribution in [0.25, 0.3) is 0 Å². The maximum absolute atomic E-state index is 11.7. The van der Waals surface area contributed by atoms with Gasteiger partial charge in [0, 0.05) is 10.6 Å². The monoisotopic (exact) mass is 342 g/mol. The number of nitrogens with zero attached hydrogens (tertiary/aromatic N) is 3. The second-order valence-corrected chi connectivity index (χ2v) is 4.80. The summed E-state index contributed by atoms with van der Waals surface area (Å²) in [6.07, 6.45) is 1.74. The zero-order valence-corrected chi connectivity index (χ0v) is 11.4. The molecule has 0 aliphatic rings. The molecule has 6 heteroatoms. The summed E-state index contributed by atoms with van der Waals surface area (Å²) in [5.41, 5.74) is 0.977. The van der Waals surface area contributed by atoms with Crippen LogP contribution in [0.5, 0.6) is 0 Å². The molecule has 1 heterocycles. The average Bonchev–Trinajstić information content (AvgIpc) is 2.68. The van der Waals surface area contributed by atoms with Crippen LogP contribution in [0.2, 0.25) is 0 Å². The lowest BCUT2D eigenvalue weighted by Crippen LogP contribution is -2.17. The van der Waals surface area contributed by atoms with E-state index in [0.717, 1.165) is 9.13 Å². The number of aromatic nitrogens is 3. The third kappa shape index (κ3) is 3.26. The summed E-state index contributed by atoms with van der Waals surface area (Å²) in [5.74, 6) is 0.364. The number of rotatable bonds is 3. The largest absolute Gasteiger partial charge is 0.294 e. The van der Waals surface area contributed by atoms with Crippen molar-refractivity contribution in [3.63, 3.8) is 0 Å². The molecule has 0 aliphatic heterocycles. The van der Waals surface area contributed by atoms with Crippen molar-refractivity contribution < 1.29 is 4.79 Å². The summed E-state index contributed by atoms with van der Waals surface area (Å²) in [6.45, 7) is 0. The van der Waals surface area contributed by atoms with Gasteiger partial charge < -0.3 is 0 Å². The van der Waals surface area contributed by atoms with Crippen LogP contribution in [-0.2, 0) is 18.3 Å². The summed E-state index contributed by atoms with van der Waals surface area (Å²) < 4.78 is 2.67. The first-order valence-electron chi connectivity index (χ1n) is 5.03. The molecule has 1 amide bonds. The van der Waals surface area contributed by atoms with Crippen LogP contribution in [0.4, 0.5) is 5.95 Å². The van der Waals surface area contributed by atoms with Gasteiger partial charge in [-0.3, -0.25) is 10.1 Å². The second-order valence-electron chi connectivity index (χ2n) is 3.56. The molecule has 5 nitrogen and oxygen atoms in total. The minimum Gasteiger partial charge on any atom is -0.294 e. The van der Waals surface area contributed by atoms with Crippen molar-refractivity contribution in [1.82, 2.24) is 14.8 Å². The quantitative estimate of drug-likeness (QED) is 0.862. The fourth-order valence-electron chi connectivity index (χ4n) is 1.37. The number of amides is 1. The second kappa shape index (κ2) is 5.26. The lowest BCUT2D eigenvalue weighted by molar-refractivity contribution is -0.115. The molecule has 0 bridgehead atoms. The number of anilines is 1. The first-order valence-corrected chi connectivity index (χ1v) is 6.11. The maximum Gasteiger partial charge on any atom is 0.231 e. The van der Waals surface area contributed by atoms with Crippen LogP contribution in [0.3, 0.4) is 0 Å². The minimum absolute atomic E-state index is 0.0951. The third-order valence-corrected chi connectivity index (χ3v) is 2.96. The Morgan fingerprint density at radius 2 is 2.12 bits per heavy atom. The fraction of sp³-hybridized carbons (Fsp3) is 0.182. The number of nitrogens with one attached hydrogen (secondary N) is 1. The lowest BCUT2D eigenvalue weighted by Gasteiger charge is -2.04. The Bertz CT molecular complexity index is 521. The molecule has 1 aromatic heterocycles. The summed E-state index contributed by atoms with van der Waals surface area (Å²) in [7, 11) is 1.73. The van der Waals surface area contributed by atoms with Crippen molar-refractivity contribution in [2.24, 2.45) is 7.05 Å². The number of halogens is 1. The van der Waals surface area contributed by atoms with Crippen LogP contribution < -0.4 is 5.32 Å². The standard InChI is InChI=1S/C11H11IN4O/c1-16-11(13-7-14-16)15-10(17)6-8-2-4-9(12)5-3-8/h2-5,7H,6H2,1H3,(H,13,14,15,17). The highest BCUT2D eigenvalue weighted by Crippen LogP contribution is 2.08. The summed E-state index contributed by atoms with van der Waals surface area (Å²) >= 11 is 2.23. The van der Waals surface area contributed by atoms with Gasteiger partial charge in [0.05, 0.1) is 6.42 Å². The number of carbonyl (C=O) groups is 1. The first-order chi connectivity index (χ1) is 8.15. The molecule has 0 saturated carbocycles. The van der Waals surface area contributed by atoms with E-state index in [0.29, 0.717) is 12.4 Å². The Hall–Kier alpha value is -1.44. The number of hydrogen-bond acceptors (Lipinski definition) is 3. The van der Waals surface area contributed by atoms with Gasteiger partial charge in [-0.05, 0) is 40.3 Å². The Kier molecular flexibility index (Phi) is 3.72. The Labute approximate surface area is 112 Å². The maximum atomic E-state index is 11.7. The zero-order valence-electron chi connectivity index (χ0n) is 9.22. The molecule has 88 valence electrons. The van der Waals surface area contributed by atoms with E-state index in [1.165, 1.54) is 11.0 Å². The van der Waals surface area contributed by atoms with Crippen LogP contribution in [0, 0.1) is 3.57 Å². The van der Waals surface area contributed by atoms with Gasteiger partial charge in [-0.25, -0.2) is 4.68 Å². The van der Waals surface area contributed by atoms with Crippen LogP contribution in [0.1, 0.15) is 5.56 Å². The average molecular weight is 342 g/mol. The van der Waals surface area contributed by atoms with Crippen LogP contribution >= 0.6 is 22.6 Å². The highest BCUT2D eigenvalue weighted by atomic mass is 127. The van der Waals surface area contributed by atoms with Gasteiger partial charge in [0.15, 0.2) is 0 Å². The van der Waals surface area contributed by atoms with E-state index in [9.17, 15) is 4.79 Å². The normalized spacial score (nSPS) is 10.2. The highest BCUT2D eigenvalue weighted by Gasteiger charge is 2.07. The van der Waals surface area contributed by atoms with Gasteiger partial charge in [0.1, 0.15) is 6.33 Å². The molecule has 0 radical (unpaired) electrons. The highest BCUT2D eigenvalue weighted by molar-refractivity contribution is 14.1. The van der Waals surface area contributed by atoms with Gasteiger partial charge in [-0.1, -0.05) is 12.1 Å². The molecule has 0 fully saturated rings. The molecule has 17 heavy (non-hydrogen) atoms. The van der Waals surface area contributed by atoms with Crippen LogP contribution in [-0.4, -0.2) is 20.7 Å². The smallest absolute Gasteiger partial charge is 0.231 e. The number of hydrogen-bond donors (Lipinski definition) is 1. The first kappa shape index (κ1) is 12.0. The molecular formula is C11H11IN4O. The van der Waals surface area contributed by atoms with Gasteiger partial charge in [-0.2, -0.15) is 10.1 Å². The molecule has 0 aliphatic carbocycles. The molecule has 0 unspecified atom stereocenters. The number of benzene rings is 1. The van der Waals surface area contributed by atoms with E-state index in [4.69, 9.17) is 0 Å². The van der Waals surface area contributed by atoms with E-state index in [1.807, 2.05) is 24.3 Å². The summed E-state index contributed by atoms with van der Waals surface area (Å²) in [5, 5.41) is 6.58. The predicted octanol–water partition coefficient (Wildman–Crippen LogP) is 1.60. The summed E-state index contributed by atoms with van der Waals surface area (Å²) in [4.78, 5) is 15.7. The Morgan fingerprint density at radius 3 is 2.71 bits per heavy atom. The molecule has 1 aromatic carbocycles. The number of aryl methyl sites for hydroxylation is 1. The van der Waals surface area contributed by atoms with E-state index < -0.39 is 0 Å². The van der Waals surface area contributed by atoms with E-state index in [2.05, 4.69) is 38.0 Å². The molecule has 0 spiro atoms. The SMILES string of the molecule is Cn1ncnc1NC(=O)Cc1ccc(I)cc1. The van der Waals surface area contributed by atoms with Crippen molar-refractivity contribution >= 4 is 34.4 Å². The van der Waals surface area contributed by atoms with Crippen molar-refractivity contribution in [2.75, 3.05) is 5.32 Å². The van der Waals surface area contributed by atoms with Gasteiger partial charge in [0.25, 0.3) is 0 Å². The Balaban J connectivity index is 1.98. The number of carbonyl (C=O) groups excluding carboxylic acids is 1. The topological polar surface area (TPSA) is 59.8 Å².